The molecule has 0 aromatic heterocycles. The third kappa shape index (κ3) is 4.12. The van der Waals surface area contributed by atoms with Crippen molar-refractivity contribution in [2.45, 2.75) is 25.4 Å². The molecule has 2 unspecified atom stereocenters. The summed E-state index contributed by atoms with van der Waals surface area (Å²) in [6.45, 7) is 1.97. The molecule has 2 aromatic carbocycles. The lowest BCUT2D eigenvalue weighted by atomic mass is 9.93. The zero-order valence-corrected chi connectivity index (χ0v) is 16.3. The van der Waals surface area contributed by atoms with E-state index in [1.54, 1.807) is 19.2 Å². The number of fused-ring (bicyclic) bond motifs is 1. The number of hydrogen-bond acceptors (Lipinski definition) is 3. The standard InChI is InChI=1S/C19H19Cl2N3O3/c1-10-3-5-12(6-4-10)24(2)19(27)23-15-9-16(18(25)26)22-14-8-11(20)7-13(21)17(14)15/h3-8,15-16,22H,9H2,1-2H3,(H,23,27)(H,25,26). The van der Waals surface area contributed by atoms with E-state index in [4.69, 9.17) is 23.2 Å². The first kappa shape index (κ1) is 19.3. The van der Waals surface area contributed by atoms with Gasteiger partial charge in [0.15, 0.2) is 0 Å². The number of nitrogens with zero attached hydrogens (tertiary/aromatic N) is 1. The normalized spacial score (nSPS) is 18.2. The first-order chi connectivity index (χ1) is 12.8. The van der Waals surface area contributed by atoms with Gasteiger partial charge in [-0.3, -0.25) is 4.90 Å². The van der Waals surface area contributed by atoms with Crippen LogP contribution in [0.1, 0.15) is 23.6 Å². The number of benzene rings is 2. The fraction of sp³-hybridized carbons (Fsp3) is 0.263. The summed E-state index contributed by atoms with van der Waals surface area (Å²) >= 11 is 12.4. The highest BCUT2D eigenvalue weighted by atomic mass is 35.5. The first-order valence-electron chi connectivity index (χ1n) is 8.35. The van der Waals surface area contributed by atoms with Gasteiger partial charge in [0, 0.05) is 40.5 Å². The van der Waals surface area contributed by atoms with Crippen molar-refractivity contribution in [2.75, 3.05) is 17.3 Å². The molecule has 3 N–H and O–H groups in total. The topological polar surface area (TPSA) is 81.7 Å². The van der Waals surface area contributed by atoms with Crippen molar-refractivity contribution in [3.63, 3.8) is 0 Å². The highest BCUT2D eigenvalue weighted by molar-refractivity contribution is 6.35. The third-order valence-corrected chi connectivity index (χ3v) is 5.10. The van der Waals surface area contributed by atoms with Crippen molar-refractivity contribution < 1.29 is 14.7 Å². The van der Waals surface area contributed by atoms with E-state index < -0.39 is 18.1 Å². The summed E-state index contributed by atoms with van der Waals surface area (Å²) in [7, 11) is 1.65. The summed E-state index contributed by atoms with van der Waals surface area (Å²) in [6.07, 6.45) is 0.164. The Morgan fingerprint density at radius 1 is 1.22 bits per heavy atom. The molecule has 6 nitrogen and oxygen atoms in total. The maximum Gasteiger partial charge on any atom is 0.326 e. The summed E-state index contributed by atoms with van der Waals surface area (Å²) in [4.78, 5) is 25.7. The maximum absolute atomic E-state index is 12.7. The molecule has 2 aromatic rings. The molecule has 2 amide bonds. The molecule has 1 aliphatic heterocycles. The number of carbonyl (C=O) groups is 2. The van der Waals surface area contributed by atoms with Crippen molar-refractivity contribution in [1.29, 1.82) is 0 Å². The Morgan fingerprint density at radius 3 is 2.52 bits per heavy atom. The molecule has 2 atom stereocenters. The fourth-order valence-corrected chi connectivity index (χ4v) is 3.71. The average Bonchev–Trinajstić information content (AvgIpc) is 2.60. The Morgan fingerprint density at radius 2 is 1.89 bits per heavy atom. The Bertz CT molecular complexity index is 887. The highest BCUT2D eigenvalue weighted by Gasteiger charge is 2.34. The van der Waals surface area contributed by atoms with Crippen LogP contribution in [0.15, 0.2) is 36.4 Å². The van der Waals surface area contributed by atoms with Crippen LogP contribution >= 0.6 is 23.2 Å². The second kappa shape index (κ2) is 7.66. The monoisotopic (exact) mass is 407 g/mol. The smallest absolute Gasteiger partial charge is 0.326 e. The van der Waals surface area contributed by atoms with Crippen LogP contribution in [0.5, 0.6) is 0 Å². The fourth-order valence-electron chi connectivity index (χ4n) is 3.08. The molecule has 27 heavy (non-hydrogen) atoms. The minimum atomic E-state index is -1.01. The molecule has 0 bridgehead atoms. The second-order valence-corrected chi connectivity index (χ2v) is 7.36. The number of carbonyl (C=O) groups excluding carboxylic acids is 1. The van der Waals surface area contributed by atoms with Gasteiger partial charge < -0.3 is 15.7 Å². The summed E-state index contributed by atoms with van der Waals surface area (Å²) in [6, 6.07) is 8.93. The van der Waals surface area contributed by atoms with E-state index in [-0.39, 0.29) is 12.5 Å². The van der Waals surface area contributed by atoms with E-state index in [0.29, 0.717) is 21.3 Å². The van der Waals surface area contributed by atoms with Gasteiger partial charge in [-0.1, -0.05) is 40.9 Å². The van der Waals surface area contributed by atoms with Gasteiger partial charge in [0.1, 0.15) is 6.04 Å². The van der Waals surface area contributed by atoms with Crippen LogP contribution < -0.4 is 15.5 Å². The van der Waals surface area contributed by atoms with E-state index in [0.717, 1.165) is 11.3 Å². The minimum absolute atomic E-state index is 0.164. The van der Waals surface area contributed by atoms with Crippen molar-refractivity contribution in [2.24, 2.45) is 0 Å². The Labute approximate surface area is 167 Å². The number of aliphatic carboxylic acids is 1. The lowest BCUT2D eigenvalue weighted by Crippen LogP contribution is -2.45. The number of halogens is 2. The first-order valence-corrected chi connectivity index (χ1v) is 9.11. The lowest BCUT2D eigenvalue weighted by molar-refractivity contribution is -0.138. The number of carboxylic acids is 1. The summed E-state index contributed by atoms with van der Waals surface area (Å²) in [5, 5.41) is 16.0. The van der Waals surface area contributed by atoms with Gasteiger partial charge in [0.2, 0.25) is 0 Å². The summed E-state index contributed by atoms with van der Waals surface area (Å²) in [5.41, 5.74) is 2.95. The zero-order chi connectivity index (χ0) is 19.7. The molecule has 142 valence electrons. The molecule has 0 fully saturated rings. The van der Waals surface area contributed by atoms with Crippen molar-refractivity contribution in [1.82, 2.24) is 5.32 Å². The number of amides is 2. The van der Waals surface area contributed by atoms with Crippen LogP contribution in [0.2, 0.25) is 10.0 Å². The molecule has 0 spiro atoms. The highest BCUT2D eigenvalue weighted by Crippen LogP contribution is 2.40. The molecule has 1 aliphatic rings. The molecule has 3 rings (SSSR count). The van der Waals surface area contributed by atoms with Crippen molar-refractivity contribution in [3.05, 3.63) is 57.6 Å². The quantitative estimate of drug-likeness (QED) is 0.701. The molecule has 0 saturated heterocycles. The maximum atomic E-state index is 12.7. The van der Waals surface area contributed by atoms with Crippen LogP contribution in [0, 0.1) is 6.92 Å². The van der Waals surface area contributed by atoms with Crippen LogP contribution in [-0.4, -0.2) is 30.2 Å². The predicted molar refractivity (Wildman–Crippen MR) is 107 cm³/mol. The Balaban J connectivity index is 1.88. The van der Waals surface area contributed by atoms with Gasteiger partial charge in [-0.05, 0) is 31.2 Å². The van der Waals surface area contributed by atoms with E-state index in [9.17, 15) is 14.7 Å². The van der Waals surface area contributed by atoms with Crippen molar-refractivity contribution >= 4 is 46.6 Å². The molecular formula is C19H19Cl2N3O3. The SMILES string of the molecule is Cc1ccc(N(C)C(=O)NC2CC(C(=O)O)Nc3cc(Cl)cc(Cl)c32)cc1. The van der Waals surface area contributed by atoms with Crippen LogP contribution in [0.3, 0.4) is 0 Å². The summed E-state index contributed by atoms with van der Waals surface area (Å²) in [5.74, 6) is -1.01. The van der Waals surface area contributed by atoms with Crippen molar-refractivity contribution in [3.8, 4) is 0 Å². The Kier molecular flexibility index (Phi) is 5.48. The van der Waals surface area contributed by atoms with Gasteiger partial charge in [-0.15, -0.1) is 0 Å². The molecule has 1 heterocycles. The van der Waals surface area contributed by atoms with Gasteiger partial charge in [0.25, 0.3) is 0 Å². The lowest BCUT2D eigenvalue weighted by Gasteiger charge is -2.33. The van der Waals surface area contributed by atoms with Crippen LogP contribution in [0.4, 0.5) is 16.2 Å². The second-order valence-electron chi connectivity index (χ2n) is 6.52. The van der Waals surface area contributed by atoms with E-state index in [1.807, 2.05) is 31.2 Å². The number of aryl methyl sites for hydroxylation is 1. The number of anilines is 2. The van der Waals surface area contributed by atoms with Gasteiger partial charge >= 0.3 is 12.0 Å². The Hall–Kier alpha value is -2.44. The summed E-state index contributed by atoms with van der Waals surface area (Å²) < 4.78 is 0. The molecule has 0 saturated carbocycles. The van der Waals surface area contributed by atoms with Gasteiger partial charge in [-0.2, -0.15) is 0 Å². The number of hydrogen-bond donors (Lipinski definition) is 3. The molecular weight excluding hydrogens is 389 g/mol. The molecule has 0 aliphatic carbocycles. The van der Waals surface area contributed by atoms with Crippen LogP contribution in [-0.2, 0) is 4.79 Å². The third-order valence-electron chi connectivity index (χ3n) is 4.57. The number of urea groups is 1. The molecule has 8 heteroatoms. The number of rotatable bonds is 3. The van der Waals surface area contributed by atoms with E-state index in [2.05, 4.69) is 10.6 Å². The number of carboxylic acid groups (broad SMARTS) is 1. The van der Waals surface area contributed by atoms with Gasteiger partial charge in [-0.25, -0.2) is 9.59 Å². The van der Waals surface area contributed by atoms with E-state index >= 15 is 0 Å². The minimum Gasteiger partial charge on any atom is -0.480 e. The largest absolute Gasteiger partial charge is 0.480 e. The van der Waals surface area contributed by atoms with Gasteiger partial charge in [0.05, 0.1) is 6.04 Å². The predicted octanol–water partition coefficient (Wildman–Crippen LogP) is 4.46. The zero-order valence-electron chi connectivity index (χ0n) is 14.8. The van der Waals surface area contributed by atoms with E-state index in [1.165, 1.54) is 4.90 Å². The molecule has 0 radical (unpaired) electrons. The number of nitrogens with one attached hydrogen (secondary N) is 2. The average molecular weight is 408 g/mol. The van der Waals surface area contributed by atoms with Crippen LogP contribution in [0.25, 0.3) is 0 Å².